The van der Waals surface area contributed by atoms with Gasteiger partial charge >= 0.3 is 5.97 Å². The highest BCUT2D eigenvalue weighted by atomic mass is 19.1. The van der Waals surface area contributed by atoms with Crippen LogP contribution in [0.5, 0.6) is 11.5 Å². The maximum Gasteiger partial charge on any atom is 0.306 e. The topological polar surface area (TPSA) is 114 Å². The lowest BCUT2D eigenvalue weighted by Gasteiger charge is -2.31. The number of hydrogen-bond donors (Lipinski definition) is 3. The van der Waals surface area contributed by atoms with E-state index in [4.69, 9.17) is 9.47 Å². The van der Waals surface area contributed by atoms with Crippen molar-refractivity contribution in [2.45, 2.75) is 64.0 Å². The van der Waals surface area contributed by atoms with E-state index in [2.05, 4.69) is 10.6 Å². The second-order valence-electron chi connectivity index (χ2n) is 11.1. The molecular weight excluding hydrogens is 503 g/mol. The first kappa shape index (κ1) is 27.0. The van der Waals surface area contributed by atoms with Crippen LogP contribution in [0.15, 0.2) is 36.4 Å². The first-order valence-electron chi connectivity index (χ1n) is 13.7. The molecule has 0 aromatic heterocycles. The van der Waals surface area contributed by atoms with Gasteiger partial charge in [0.15, 0.2) is 11.6 Å². The molecule has 39 heavy (non-hydrogen) atoms. The molecule has 2 aromatic carbocycles. The van der Waals surface area contributed by atoms with E-state index in [0.29, 0.717) is 25.7 Å². The van der Waals surface area contributed by atoms with Crippen LogP contribution in [0.25, 0.3) is 0 Å². The number of nitrogens with one attached hydrogen (secondary N) is 2. The van der Waals surface area contributed by atoms with E-state index in [1.165, 1.54) is 13.2 Å². The number of amides is 2. The number of methoxy groups -OCH3 is 1. The molecule has 3 aliphatic carbocycles. The summed E-state index contributed by atoms with van der Waals surface area (Å²) in [6.45, 7) is 1.96. The Labute approximate surface area is 227 Å². The summed E-state index contributed by atoms with van der Waals surface area (Å²) in [5.41, 5.74) is 1.91. The number of benzene rings is 2. The minimum absolute atomic E-state index is 0.0681. The van der Waals surface area contributed by atoms with Gasteiger partial charge < -0.3 is 25.2 Å². The van der Waals surface area contributed by atoms with Crippen molar-refractivity contribution < 1.29 is 33.4 Å². The Morgan fingerprint density at radius 1 is 0.974 bits per heavy atom. The fraction of sp³-hybridized carbons (Fsp3) is 0.500. The highest BCUT2D eigenvalue weighted by Gasteiger charge is 2.51. The Morgan fingerprint density at radius 2 is 1.72 bits per heavy atom. The lowest BCUT2D eigenvalue weighted by Crippen LogP contribution is -2.48. The normalized spacial score (nSPS) is 27.6. The monoisotopic (exact) mass is 538 g/mol. The van der Waals surface area contributed by atoms with Crippen LogP contribution >= 0.6 is 0 Å². The van der Waals surface area contributed by atoms with Gasteiger partial charge in [-0.3, -0.25) is 14.4 Å². The fourth-order valence-electron chi connectivity index (χ4n) is 6.63. The first-order chi connectivity index (χ1) is 18.7. The largest absolute Gasteiger partial charge is 0.496 e. The third-order valence-corrected chi connectivity index (χ3v) is 8.62. The molecule has 3 N–H and O–H groups in total. The van der Waals surface area contributed by atoms with Gasteiger partial charge in [0.05, 0.1) is 30.6 Å². The molecule has 4 atom stereocenters. The number of halogens is 1. The lowest BCUT2D eigenvalue weighted by molar-refractivity contribution is -0.143. The third-order valence-electron chi connectivity index (χ3n) is 8.62. The fourth-order valence-corrected chi connectivity index (χ4v) is 6.63. The van der Waals surface area contributed by atoms with E-state index in [-0.39, 0.29) is 52.9 Å². The molecule has 3 aliphatic rings. The molecule has 208 valence electrons. The standard InChI is InChI=1S/C30H35FN2O6/c1-16-4-3-5-20(12-16)32-29(35)26-18-6-7-19(13-18)27(26)33-28(34)22-14-25(23(31)15-24(22)38-2)39-21-10-8-17(9-11-21)30(36)37/h3-5,12,14-15,17-19,21,26-27H,6-11,13H2,1-2H3,(H,32,35)(H,33,34)(H,36,37)/t17?,18-,19+,21?,26+,27-/m1/s1. The molecule has 2 bridgehead atoms. The smallest absolute Gasteiger partial charge is 0.306 e. The van der Waals surface area contributed by atoms with Crippen molar-refractivity contribution in [1.82, 2.24) is 5.32 Å². The summed E-state index contributed by atoms with van der Waals surface area (Å²) in [5.74, 6) is -2.41. The Bertz CT molecular complexity index is 1260. The number of anilines is 1. The summed E-state index contributed by atoms with van der Waals surface area (Å²) in [4.78, 5) is 38.1. The van der Waals surface area contributed by atoms with Crippen molar-refractivity contribution in [3.8, 4) is 11.5 Å². The van der Waals surface area contributed by atoms with E-state index >= 15 is 0 Å². The van der Waals surface area contributed by atoms with E-state index in [0.717, 1.165) is 36.6 Å². The predicted octanol–water partition coefficient (Wildman–Crippen LogP) is 4.95. The van der Waals surface area contributed by atoms with Gasteiger partial charge in [0.2, 0.25) is 5.91 Å². The summed E-state index contributed by atoms with van der Waals surface area (Å²) >= 11 is 0. The van der Waals surface area contributed by atoms with Crippen molar-refractivity contribution >= 4 is 23.5 Å². The maximum absolute atomic E-state index is 14.9. The molecule has 0 unspecified atom stereocenters. The third kappa shape index (κ3) is 5.72. The number of fused-ring (bicyclic) bond motifs is 2. The van der Waals surface area contributed by atoms with E-state index in [1.807, 2.05) is 31.2 Å². The first-order valence-corrected chi connectivity index (χ1v) is 13.7. The van der Waals surface area contributed by atoms with Crippen molar-refractivity contribution in [1.29, 1.82) is 0 Å². The minimum Gasteiger partial charge on any atom is -0.496 e. The molecule has 3 fully saturated rings. The van der Waals surface area contributed by atoms with Gasteiger partial charge in [0.1, 0.15) is 5.75 Å². The van der Waals surface area contributed by atoms with E-state index in [9.17, 15) is 23.9 Å². The number of aliphatic carboxylic acids is 1. The molecule has 0 spiro atoms. The number of rotatable bonds is 8. The van der Waals surface area contributed by atoms with Crippen LogP contribution in [0.1, 0.15) is 60.9 Å². The number of ether oxygens (including phenoxy) is 2. The summed E-state index contributed by atoms with van der Waals surface area (Å²) in [6.07, 6.45) is 4.34. The number of hydrogen-bond acceptors (Lipinski definition) is 5. The minimum atomic E-state index is -0.825. The summed E-state index contributed by atoms with van der Waals surface area (Å²) < 4.78 is 26.1. The zero-order chi connectivity index (χ0) is 27.7. The Hall–Kier alpha value is -3.62. The molecule has 8 nitrogen and oxygen atoms in total. The molecule has 2 amide bonds. The van der Waals surface area contributed by atoms with Crippen molar-refractivity contribution in [3.63, 3.8) is 0 Å². The molecule has 0 radical (unpaired) electrons. The molecule has 0 aliphatic heterocycles. The quantitative estimate of drug-likeness (QED) is 0.438. The van der Waals surface area contributed by atoms with Gasteiger partial charge in [-0.15, -0.1) is 0 Å². The van der Waals surface area contributed by atoms with Crippen LogP contribution in [0.2, 0.25) is 0 Å². The number of carboxylic acids is 1. The number of carbonyl (C=O) groups excluding carboxylic acids is 2. The molecule has 5 rings (SSSR count). The Kier molecular flexibility index (Phi) is 7.77. The van der Waals surface area contributed by atoms with Gasteiger partial charge in [-0.25, -0.2) is 4.39 Å². The summed E-state index contributed by atoms with van der Waals surface area (Å²) in [5, 5.41) is 15.3. The Morgan fingerprint density at radius 3 is 2.41 bits per heavy atom. The van der Waals surface area contributed by atoms with Crippen LogP contribution in [0, 0.1) is 36.4 Å². The average Bonchev–Trinajstić information content (AvgIpc) is 3.52. The van der Waals surface area contributed by atoms with Gasteiger partial charge in [-0.2, -0.15) is 0 Å². The van der Waals surface area contributed by atoms with Crippen LogP contribution in [-0.4, -0.2) is 42.1 Å². The Balaban J connectivity index is 1.31. The van der Waals surface area contributed by atoms with E-state index < -0.39 is 23.6 Å². The van der Waals surface area contributed by atoms with Gasteiger partial charge in [0.25, 0.3) is 5.91 Å². The second kappa shape index (κ2) is 11.2. The molecule has 3 saturated carbocycles. The molecule has 9 heteroatoms. The molecular formula is C30H35FN2O6. The molecule has 2 aromatic rings. The highest BCUT2D eigenvalue weighted by molar-refractivity contribution is 5.99. The molecule has 0 heterocycles. The van der Waals surface area contributed by atoms with E-state index in [1.54, 1.807) is 0 Å². The summed E-state index contributed by atoms with van der Waals surface area (Å²) in [7, 11) is 1.37. The summed E-state index contributed by atoms with van der Waals surface area (Å²) in [6, 6.07) is 9.76. The van der Waals surface area contributed by atoms with Crippen molar-refractivity contribution in [3.05, 3.63) is 53.3 Å². The highest BCUT2D eigenvalue weighted by Crippen LogP contribution is 2.49. The predicted molar refractivity (Wildman–Crippen MR) is 142 cm³/mol. The van der Waals surface area contributed by atoms with Crippen molar-refractivity contribution in [2.75, 3.05) is 12.4 Å². The zero-order valence-corrected chi connectivity index (χ0v) is 22.2. The second-order valence-corrected chi connectivity index (χ2v) is 11.1. The molecule has 0 saturated heterocycles. The van der Waals surface area contributed by atoms with Gasteiger partial charge in [-0.05, 0) is 87.5 Å². The maximum atomic E-state index is 14.9. The SMILES string of the molecule is COc1cc(F)c(OC2CCC(C(=O)O)CC2)cc1C(=O)N[C@@H]1[C@H]2CC[C@H](C2)[C@@H]1C(=O)Nc1cccc(C)c1. The van der Waals surface area contributed by atoms with Gasteiger partial charge in [0, 0.05) is 17.8 Å². The van der Waals surface area contributed by atoms with Crippen LogP contribution < -0.4 is 20.1 Å². The number of carbonyl (C=O) groups is 3. The van der Waals surface area contributed by atoms with Crippen LogP contribution in [0.3, 0.4) is 0 Å². The van der Waals surface area contributed by atoms with Crippen LogP contribution in [0.4, 0.5) is 10.1 Å². The average molecular weight is 539 g/mol. The van der Waals surface area contributed by atoms with Crippen molar-refractivity contribution in [2.24, 2.45) is 23.7 Å². The number of aryl methyl sites for hydroxylation is 1. The lowest BCUT2D eigenvalue weighted by atomic mass is 9.83. The van der Waals surface area contributed by atoms with Crippen LogP contribution in [-0.2, 0) is 9.59 Å². The zero-order valence-electron chi connectivity index (χ0n) is 22.2. The van der Waals surface area contributed by atoms with Gasteiger partial charge in [-0.1, -0.05) is 12.1 Å². The number of carboxylic acid groups (broad SMARTS) is 1.